The van der Waals surface area contributed by atoms with Crippen molar-refractivity contribution in [3.63, 3.8) is 0 Å². The van der Waals surface area contributed by atoms with Crippen LogP contribution in [0.25, 0.3) is 0 Å². The molecule has 1 saturated carbocycles. The van der Waals surface area contributed by atoms with E-state index in [9.17, 15) is 15.0 Å². The van der Waals surface area contributed by atoms with Gasteiger partial charge in [-0.15, -0.1) is 0 Å². The lowest BCUT2D eigenvalue weighted by atomic mass is 9.90. The largest absolute Gasteiger partial charge is 0.495 e. The van der Waals surface area contributed by atoms with E-state index in [-0.39, 0.29) is 24.4 Å². The molecule has 2 fully saturated rings. The molecule has 3 N–H and O–H groups in total. The van der Waals surface area contributed by atoms with Crippen LogP contribution in [-0.4, -0.2) is 39.6 Å². The quantitative estimate of drug-likeness (QED) is 0.439. The maximum Gasteiger partial charge on any atom is 0.303 e. The Kier molecular flexibility index (Phi) is 7.72. The normalized spacial score (nSPS) is 31.7. The van der Waals surface area contributed by atoms with Gasteiger partial charge in [0.25, 0.3) is 0 Å². The van der Waals surface area contributed by atoms with Gasteiger partial charge < -0.3 is 20.1 Å². The van der Waals surface area contributed by atoms with Crippen molar-refractivity contribution in [1.82, 2.24) is 0 Å². The van der Waals surface area contributed by atoms with E-state index in [1.165, 1.54) is 0 Å². The van der Waals surface area contributed by atoms with Crippen molar-refractivity contribution in [3.8, 4) is 0 Å². The van der Waals surface area contributed by atoms with Crippen LogP contribution in [-0.2, 0) is 9.53 Å². The molecule has 5 heteroatoms. The number of ether oxygens (including phenoxy) is 1. The number of fused-ring (bicyclic) bond motifs is 1. The van der Waals surface area contributed by atoms with Gasteiger partial charge in [0.15, 0.2) is 0 Å². The van der Waals surface area contributed by atoms with E-state index in [0.29, 0.717) is 25.7 Å². The van der Waals surface area contributed by atoms with Gasteiger partial charge in [-0.05, 0) is 31.8 Å². The fraction of sp³-hybridized carbons (Fsp3) is 0.650. The van der Waals surface area contributed by atoms with Gasteiger partial charge in [0.1, 0.15) is 6.10 Å². The summed E-state index contributed by atoms with van der Waals surface area (Å²) in [7, 11) is 0. The minimum absolute atomic E-state index is 0.000255. The van der Waals surface area contributed by atoms with Crippen LogP contribution >= 0.6 is 0 Å². The molecule has 25 heavy (non-hydrogen) atoms. The minimum Gasteiger partial charge on any atom is -0.495 e. The zero-order chi connectivity index (χ0) is 18.2. The Morgan fingerprint density at radius 1 is 1.40 bits per heavy atom. The predicted octanol–water partition coefficient (Wildman–Crippen LogP) is 3.18. The van der Waals surface area contributed by atoms with E-state index in [0.717, 1.165) is 18.6 Å². The number of unbranched alkanes of at least 4 members (excludes halogenated alkanes) is 1. The van der Waals surface area contributed by atoms with Crippen molar-refractivity contribution in [3.05, 3.63) is 36.1 Å². The molecule has 0 bridgehead atoms. The van der Waals surface area contributed by atoms with E-state index in [4.69, 9.17) is 9.84 Å². The molecule has 1 saturated heterocycles. The lowest BCUT2D eigenvalue weighted by molar-refractivity contribution is -0.137. The fourth-order valence-corrected chi connectivity index (χ4v) is 3.64. The molecule has 5 atom stereocenters. The van der Waals surface area contributed by atoms with Crippen LogP contribution in [0.3, 0.4) is 0 Å². The number of aliphatic hydroxyl groups is 2. The van der Waals surface area contributed by atoms with E-state index in [2.05, 4.69) is 6.92 Å². The van der Waals surface area contributed by atoms with Gasteiger partial charge in [0.05, 0.1) is 18.0 Å². The number of rotatable bonds is 9. The summed E-state index contributed by atoms with van der Waals surface area (Å²) >= 11 is 0. The molecule has 0 aromatic carbocycles. The highest BCUT2D eigenvalue weighted by Crippen LogP contribution is 2.45. The van der Waals surface area contributed by atoms with Crippen LogP contribution in [0.5, 0.6) is 0 Å². The van der Waals surface area contributed by atoms with E-state index in [1.54, 1.807) is 6.08 Å². The Balaban J connectivity index is 1.86. The highest BCUT2D eigenvalue weighted by Gasteiger charge is 2.46. The average Bonchev–Trinajstić information content (AvgIpc) is 3.06. The summed E-state index contributed by atoms with van der Waals surface area (Å²) in [5, 5.41) is 28.9. The smallest absolute Gasteiger partial charge is 0.303 e. The third kappa shape index (κ3) is 6.01. The molecule has 1 aliphatic carbocycles. The number of allylic oxidation sites excluding steroid dienone is 3. The van der Waals surface area contributed by atoms with Gasteiger partial charge in [0.2, 0.25) is 0 Å². The number of carboxylic acid groups (broad SMARTS) is 1. The van der Waals surface area contributed by atoms with E-state index >= 15 is 0 Å². The number of hydrogen-bond donors (Lipinski definition) is 3. The summed E-state index contributed by atoms with van der Waals surface area (Å²) in [4.78, 5) is 10.5. The molecule has 1 heterocycles. The first-order chi connectivity index (χ1) is 12.0. The second-order valence-electron chi connectivity index (χ2n) is 6.93. The molecular formula is C20H30O5. The monoisotopic (exact) mass is 350 g/mol. The summed E-state index contributed by atoms with van der Waals surface area (Å²) < 4.78 is 5.93. The standard InChI is InChI=1S/C20H30O5/c1-2-3-4-7-14(21)10-11-16-17-12-15(8-5-6-9-20(23)24)25-19(17)13-18(16)22/h3-4,8,10-11,14,16-19,21-22H,2,5-7,9,12-13H2,1H3,(H,23,24)/t14-,16+,17+,18+,19-/m0/s1. The highest BCUT2D eigenvalue weighted by atomic mass is 16.5. The number of carboxylic acids is 1. The Morgan fingerprint density at radius 2 is 2.20 bits per heavy atom. The number of hydrogen-bond acceptors (Lipinski definition) is 4. The zero-order valence-corrected chi connectivity index (χ0v) is 14.9. The second kappa shape index (κ2) is 9.78. The van der Waals surface area contributed by atoms with E-state index in [1.807, 2.05) is 24.3 Å². The summed E-state index contributed by atoms with van der Waals surface area (Å²) in [5.74, 6) is 0.371. The first-order valence-electron chi connectivity index (χ1n) is 9.28. The van der Waals surface area contributed by atoms with Crippen LogP contribution in [0, 0.1) is 11.8 Å². The van der Waals surface area contributed by atoms with Crippen LogP contribution in [0.15, 0.2) is 36.1 Å². The Morgan fingerprint density at radius 3 is 2.92 bits per heavy atom. The van der Waals surface area contributed by atoms with Gasteiger partial charge in [-0.1, -0.05) is 31.2 Å². The molecular weight excluding hydrogens is 320 g/mol. The zero-order valence-electron chi connectivity index (χ0n) is 14.9. The van der Waals surface area contributed by atoms with Gasteiger partial charge >= 0.3 is 5.97 Å². The lowest BCUT2D eigenvalue weighted by Crippen LogP contribution is -2.17. The van der Waals surface area contributed by atoms with Crippen molar-refractivity contribution >= 4 is 5.97 Å². The third-order valence-electron chi connectivity index (χ3n) is 4.93. The number of aliphatic hydroxyl groups excluding tert-OH is 2. The Bertz CT molecular complexity index is 522. The number of carbonyl (C=O) groups is 1. The summed E-state index contributed by atoms with van der Waals surface area (Å²) in [5.41, 5.74) is 0. The van der Waals surface area contributed by atoms with Crippen molar-refractivity contribution in [2.45, 2.75) is 70.2 Å². The van der Waals surface area contributed by atoms with Crippen molar-refractivity contribution in [2.75, 3.05) is 0 Å². The molecule has 2 aliphatic rings. The molecule has 1 aliphatic heterocycles. The molecule has 0 radical (unpaired) electrons. The summed E-state index contributed by atoms with van der Waals surface area (Å²) in [6.45, 7) is 2.06. The van der Waals surface area contributed by atoms with Crippen LogP contribution in [0.2, 0.25) is 0 Å². The Labute approximate surface area is 149 Å². The number of aliphatic carboxylic acids is 1. The average molecular weight is 350 g/mol. The van der Waals surface area contributed by atoms with Crippen molar-refractivity contribution in [1.29, 1.82) is 0 Å². The molecule has 5 nitrogen and oxygen atoms in total. The fourth-order valence-electron chi connectivity index (χ4n) is 3.64. The molecule has 0 aromatic rings. The molecule has 0 unspecified atom stereocenters. The summed E-state index contributed by atoms with van der Waals surface area (Å²) in [6.07, 6.45) is 13.2. The maximum atomic E-state index is 10.5. The molecule has 0 aromatic heterocycles. The molecule has 0 amide bonds. The third-order valence-corrected chi connectivity index (χ3v) is 4.93. The first kappa shape index (κ1) is 19.7. The van der Waals surface area contributed by atoms with Crippen molar-refractivity contribution in [2.24, 2.45) is 11.8 Å². The van der Waals surface area contributed by atoms with Crippen LogP contribution in [0.1, 0.15) is 51.9 Å². The van der Waals surface area contributed by atoms with Crippen LogP contribution < -0.4 is 0 Å². The molecule has 2 rings (SSSR count). The molecule has 140 valence electrons. The Hall–Kier alpha value is -1.59. The summed E-state index contributed by atoms with van der Waals surface area (Å²) in [6, 6.07) is 0. The second-order valence-corrected chi connectivity index (χ2v) is 6.93. The lowest BCUT2D eigenvalue weighted by Gasteiger charge is -2.15. The van der Waals surface area contributed by atoms with E-state index < -0.39 is 18.2 Å². The van der Waals surface area contributed by atoms with Gasteiger partial charge in [-0.2, -0.15) is 0 Å². The minimum atomic E-state index is -0.775. The highest BCUT2D eigenvalue weighted by molar-refractivity contribution is 5.66. The predicted molar refractivity (Wildman–Crippen MR) is 95.9 cm³/mol. The van der Waals surface area contributed by atoms with Crippen molar-refractivity contribution < 1.29 is 24.9 Å². The van der Waals surface area contributed by atoms with Gasteiger partial charge in [-0.3, -0.25) is 4.79 Å². The van der Waals surface area contributed by atoms with Crippen LogP contribution in [0.4, 0.5) is 0 Å². The first-order valence-corrected chi connectivity index (χ1v) is 9.28. The molecule has 0 spiro atoms. The maximum absolute atomic E-state index is 10.5. The topological polar surface area (TPSA) is 87.0 Å². The van der Waals surface area contributed by atoms with Gasteiger partial charge in [-0.25, -0.2) is 0 Å². The SMILES string of the molecule is CCC=CC[C@H](O)C=C[C@@H]1[C@H]2CC(=CCCCC(=O)O)O[C@H]2C[C@H]1O. The van der Waals surface area contributed by atoms with Gasteiger partial charge in [0, 0.05) is 31.1 Å².